The minimum Gasteiger partial charge on any atom is -0.465 e. The van der Waals surface area contributed by atoms with E-state index in [1.165, 1.54) is 7.11 Å². The van der Waals surface area contributed by atoms with Gasteiger partial charge in [-0.3, -0.25) is 0 Å². The van der Waals surface area contributed by atoms with Crippen LogP contribution in [0.15, 0.2) is 54.9 Å². The maximum Gasteiger partial charge on any atom is 0.339 e. The Balaban J connectivity index is 1.39. The first-order chi connectivity index (χ1) is 16.6. The molecule has 10 nitrogen and oxygen atoms in total. The number of aliphatic hydroxyl groups is 1. The number of methoxy groups -OCH3 is 1. The summed E-state index contributed by atoms with van der Waals surface area (Å²) in [6.07, 6.45) is 4.80. The van der Waals surface area contributed by atoms with E-state index in [4.69, 9.17) is 4.74 Å². The predicted octanol–water partition coefficient (Wildman–Crippen LogP) is 3.59. The second kappa shape index (κ2) is 9.36. The largest absolute Gasteiger partial charge is 0.465 e. The van der Waals surface area contributed by atoms with Gasteiger partial charge in [-0.15, -0.1) is 0 Å². The molecule has 3 aromatic heterocycles. The topological polar surface area (TPSA) is 128 Å². The first-order valence-electron chi connectivity index (χ1n) is 11.1. The Morgan fingerprint density at radius 1 is 1.12 bits per heavy atom. The quantitative estimate of drug-likeness (QED) is 0.320. The van der Waals surface area contributed by atoms with Crippen LogP contribution in [0.25, 0.3) is 11.0 Å². The Morgan fingerprint density at radius 3 is 2.71 bits per heavy atom. The van der Waals surface area contributed by atoms with Crippen LogP contribution in [0.2, 0.25) is 0 Å². The number of hydrogen-bond donors (Lipinski definition) is 4. The number of fused-ring (bicyclic) bond motifs is 1. The van der Waals surface area contributed by atoms with Crippen LogP contribution in [0, 0.1) is 0 Å². The van der Waals surface area contributed by atoms with E-state index in [9.17, 15) is 9.90 Å². The molecule has 1 aliphatic heterocycles. The van der Waals surface area contributed by atoms with Crippen molar-refractivity contribution < 1.29 is 14.6 Å². The SMILES string of the molecule is COC(=O)c1ccccc1Nc1nc(Nc2ccc(N3CCC(O)CC3)nc2)nc2cc[nH]c12. The Kier molecular flexibility index (Phi) is 5.96. The molecule has 0 atom stereocenters. The number of H-pyrrole nitrogens is 1. The lowest BCUT2D eigenvalue weighted by Gasteiger charge is -2.30. The molecule has 0 radical (unpaired) electrons. The highest BCUT2D eigenvalue weighted by Gasteiger charge is 2.18. The van der Waals surface area contributed by atoms with Gasteiger partial charge in [0.2, 0.25) is 5.95 Å². The van der Waals surface area contributed by atoms with Crippen molar-refractivity contribution in [3.8, 4) is 0 Å². The normalized spacial score (nSPS) is 14.2. The monoisotopic (exact) mass is 459 g/mol. The van der Waals surface area contributed by atoms with Crippen LogP contribution in [0.5, 0.6) is 0 Å². The zero-order valence-electron chi connectivity index (χ0n) is 18.7. The molecule has 1 saturated heterocycles. The van der Waals surface area contributed by atoms with Crippen LogP contribution >= 0.6 is 0 Å². The molecule has 0 saturated carbocycles. The van der Waals surface area contributed by atoms with E-state index in [2.05, 4.69) is 35.5 Å². The fourth-order valence-electron chi connectivity index (χ4n) is 3.97. The zero-order chi connectivity index (χ0) is 23.5. The molecule has 0 amide bonds. The molecular formula is C24H25N7O3. The third kappa shape index (κ3) is 4.48. The van der Waals surface area contributed by atoms with Crippen LogP contribution in [0.1, 0.15) is 23.2 Å². The summed E-state index contributed by atoms with van der Waals surface area (Å²) in [6, 6.07) is 12.8. The molecule has 174 valence electrons. The fourth-order valence-corrected chi connectivity index (χ4v) is 3.97. The standard InChI is InChI=1S/C24H25N7O3/c1-34-23(33)17-4-2-3-5-18(17)28-22-21-19(8-11-25-21)29-24(30-22)27-15-6-7-20(26-14-15)31-12-9-16(32)10-13-31/h2-8,11,14,16,25,32H,9-10,12-13H2,1H3,(H2,27,28,29,30). The molecule has 4 aromatic rings. The van der Waals surface area contributed by atoms with Crippen molar-refractivity contribution in [3.63, 3.8) is 0 Å². The van der Waals surface area contributed by atoms with E-state index in [1.54, 1.807) is 30.6 Å². The van der Waals surface area contributed by atoms with E-state index in [-0.39, 0.29) is 6.10 Å². The molecule has 0 unspecified atom stereocenters. The van der Waals surface area contributed by atoms with Gasteiger partial charge >= 0.3 is 5.97 Å². The second-order valence-electron chi connectivity index (χ2n) is 8.04. The van der Waals surface area contributed by atoms with Gasteiger partial charge in [0.25, 0.3) is 0 Å². The number of pyridine rings is 1. The van der Waals surface area contributed by atoms with Crippen molar-refractivity contribution >= 4 is 46.0 Å². The highest BCUT2D eigenvalue weighted by atomic mass is 16.5. The summed E-state index contributed by atoms with van der Waals surface area (Å²) in [7, 11) is 1.35. The second-order valence-corrected chi connectivity index (χ2v) is 8.04. The number of hydrogen-bond acceptors (Lipinski definition) is 9. The highest BCUT2D eigenvalue weighted by molar-refractivity contribution is 5.98. The number of anilines is 5. The van der Waals surface area contributed by atoms with Crippen LogP contribution in [-0.2, 0) is 4.74 Å². The summed E-state index contributed by atoms with van der Waals surface area (Å²) in [5.74, 6) is 1.35. The van der Waals surface area contributed by atoms with Crippen LogP contribution in [-0.4, -0.2) is 57.3 Å². The maximum absolute atomic E-state index is 12.2. The van der Waals surface area contributed by atoms with Gasteiger partial charge in [-0.05, 0) is 43.2 Å². The van der Waals surface area contributed by atoms with Crippen molar-refractivity contribution in [1.29, 1.82) is 0 Å². The Bertz CT molecular complexity index is 1300. The van der Waals surface area contributed by atoms with E-state index >= 15 is 0 Å². The number of piperidine rings is 1. The lowest BCUT2D eigenvalue weighted by Crippen LogP contribution is -2.36. The molecule has 10 heteroatoms. The summed E-state index contributed by atoms with van der Waals surface area (Å²) >= 11 is 0. The number of ether oxygens (including phenoxy) is 1. The fraction of sp³-hybridized carbons (Fsp3) is 0.250. The first-order valence-corrected chi connectivity index (χ1v) is 11.1. The molecule has 1 fully saturated rings. The number of carbonyl (C=O) groups excluding carboxylic acids is 1. The summed E-state index contributed by atoms with van der Waals surface area (Å²) in [5, 5.41) is 16.2. The summed E-state index contributed by atoms with van der Waals surface area (Å²) in [4.78, 5) is 31.2. The van der Waals surface area contributed by atoms with Gasteiger partial charge in [-0.25, -0.2) is 14.8 Å². The van der Waals surface area contributed by atoms with Gasteiger partial charge in [0, 0.05) is 19.3 Å². The van der Waals surface area contributed by atoms with E-state index in [0.717, 1.165) is 37.4 Å². The number of aromatic amines is 1. The third-order valence-corrected chi connectivity index (χ3v) is 5.78. The predicted molar refractivity (Wildman–Crippen MR) is 130 cm³/mol. The van der Waals surface area contributed by atoms with E-state index < -0.39 is 5.97 Å². The van der Waals surface area contributed by atoms with E-state index in [0.29, 0.717) is 34.1 Å². The van der Waals surface area contributed by atoms with Crippen LogP contribution in [0.4, 0.5) is 29.0 Å². The van der Waals surface area contributed by atoms with Crippen molar-refractivity contribution in [2.24, 2.45) is 0 Å². The average molecular weight is 460 g/mol. The number of nitrogens with one attached hydrogen (secondary N) is 3. The maximum atomic E-state index is 12.2. The summed E-state index contributed by atoms with van der Waals surface area (Å²) < 4.78 is 4.89. The third-order valence-electron chi connectivity index (χ3n) is 5.78. The molecule has 4 heterocycles. The molecule has 0 bridgehead atoms. The molecule has 34 heavy (non-hydrogen) atoms. The Labute approximate surface area is 196 Å². The van der Waals surface area contributed by atoms with Crippen molar-refractivity contribution in [3.05, 3.63) is 60.4 Å². The Morgan fingerprint density at radius 2 is 1.94 bits per heavy atom. The molecule has 0 spiro atoms. The lowest BCUT2D eigenvalue weighted by atomic mass is 10.1. The van der Waals surface area contributed by atoms with Gasteiger partial charge in [0.1, 0.15) is 11.3 Å². The van der Waals surface area contributed by atoms with Gasteiger partial charge < -0.3 is 30.4 Å². The molecule has 4 N–H and O–H groups in total. The number of nitrogens with zero attached hydrogens (tertiary/aromatic N) is 4. The molecule has 1 aliphatic rings. The molecule has 5 rings (SSSR count). The van der Waals surface area contributed by atoms with Gasteiger partial charge in [-0.1, -0.05) is 12.1 Å². The average Bonchev–Trinajstić information content (AvgIpc) is 3.34. The first kappa shape index (κ1) is 21.7. The lowest BCUT2D eigenvalue weighted by molar-refractivity contribution is 0.0602. The van der Waals surface area contributed by atoms with Crippen LogP contribution in [0.3, 0.4) is 0 Å². The number of aromatic nitrogens is 4. The molecular weight excluding hydrogens is 434 g/mol. The molecule has 0 aliphatic carbocycles. The van der Waals surface area contributed by atoms with Crippen molar-refractivity contribution in [2.75, 3.05) is 35.7 Å². The number of para-hydroxylation sites is 1. The minimum absolute atomic E-state index is 0.222. The molecule has 1 aromatic carbocycles. The van der Waals surface area contributed by atoms with Crippen LogP contribution < -0.4 is 15.5 Å². The number of benzene rings is 1. The van der Waals surface area contributed by atoms with Gasteiger partial charge in [0.15, 0.2) is 5.82 Å². The number of aliphatic hydroxyl groups excluding tert-OH is 1. The number of rotatable bonds is 6. The zero-order valence-corrected chi connectivity index (χ0v) is 18.7. The Hall–Kier alpha value is -4.18. The van der Waals surface area contributed by atoms with E-state index in [1.807, 2.05) is 24.3 Å². The number of esters is 1. The van der Waals surface area contributed by atoms with Crippen molar-refractivity contribution in [2.45, 2.75) is 18.9 Å². The number of carbonyl (C=O) groups is 1. The van der Waals surface area contributed by atoms with Gasteiger partial charge in [-0.2, -0.15) is 4.98 Å². The highest BCUT2D eigenvalue weighted by Crippen LogP contribution is 2.28. The minimum atomic E-state index is -0.437. The summed E-state index contributed by atoms with van der Waals surface area (Å²) in [5.41, 5.74) is 3.16. The van der Waals surface area contributed by atoms with Gasteiger partial charge in [0.05, 0.1) is 41.9 Å². The van der Waals surface area contributed by atoms with Crippen molar-refractivity contribution in [1.82, 2.24) is 19.9 Å². The summed E-state index contributed by atoms with van der Waals surface area (Å²) in [6.45, 7) is 1.58. The smallest absolute Gasteiger partial charge is 0.339 e.